The van der Waals surface area contributed by atoms with Gasteiger partial charge in [0.25, 0.3) is 5.89 Å². The second-order valence-electron chi connectivity index (χ2n) is 5.09. The maximum Gasteiger partial charge on any atom is 0.257 e. The summed E-state index contributed by atoms with van der Waals surface area (Å²) < 4.78 is 8.34. The van der Waals surface area contributed by atoms with Crippen LogP contribution in [0.4, 0.5) is 0 Å². The molecule has 0 unspecified atom stereocenters. The molecule has 4 nitrogen and oxygen atoms in total. The Morgan fingerprint density at radius 2 is 2.25 bits per heavy atom. The van der Waals surface area contributed by atoms with E-state index in [0.29, 0.717) is 5.89 Å². The fraction of sp³-hybridized carbons (Fsp3) is 0.429. The zero-order valence-electron chi connectivity index (χ0n) is 11.0. The molecule has 0 aromatic carbocycles. The Labute approximate surface area is 124 Å². The normalized spacial score (nSPS) is 15.2. The minimum Gasteiger partial charge on any atom is -0.420 e. The molecule has 0 radical (unpaired) electrons. The van der Waals surface area contributed by atoms with Crippen molar-refractivity contribution in [3.8, 4) is 10.8 Å². The van der Waals surface area contributed by atoms with Crippen LogP contribution in [-0.4, -0.2) is 22.8 Å². The number of nitrogens with one attached hydrogen (secondary N) is 1. The van der Waals surface area contributed by atoms with Crippen molar-refractivity contribution in [2.45, 2.75) is 31.7 Å². The first-order valence-electron chi connectivity index (χ1n) is 6.92. The largest absolute Gasteiger partial charge is 0.420 e. The van der Waals surface area contributed by atoms with Crippen molar-refractivity contribution in [2.24, 2.45) is 0 Å². The molecule has 0 aliphatic heterocycles. The van der Waals surface area contributed by atoms with E-state index in [1.807, 2.05) is 0 Å². The number of fused-ring (bicyclic) bond motifs is 1. The van der Waals surface area contributed by atoms with Gasteiger partial charge in [0.15, 0.2) is 0 Å². The molecule has 3 aromatic rings. The van der Waals surface area contributed by atoms with Crippen LogP contribution in [0.15, 0.2) is 21.9 Å². The highest BCUT2D eigenvalue weighted by molar-refractivity contribution is 7.28. The van der Waals surface area contributed by atoms with Crippen LogP contribution in [-0.2, 0) is 6.42 Å². The summed E-state index contributed by atoms with van der Waals surface area (Å²) in [6.45, 7) is 1.04. The second-order valence-corrected chi connectivity index (χ2v) is 7.12. The Morgan fingerprint density at radius 3 is 3.10 bits per heavy atom. The van der Waals surface area contributed by atoms with Gasteiger partial charge in [-0.15, -0.1) is 32.9 Å². The monoisotopic (exact) mass is 305 g/mol. The van der Waals surface area contributed by atoms with Crippen LogP contribution in [0.25, 0.3) is 20.2 Å². The van der Waals surface area contributed by atoms with Gasteiger partial charge in [0.05, 0.1) is 4.88 Å². The molecule has 3 heterocycles. The van der Waals surface area contributed by atoms with Gasteiger partial charge in [-0.2, -0.15) is 0 Å². The Morgan fingerprint density at radius 1 is 1.30 bits per heavy atom. The smallest absolute Gasteiger partial charge is 0.257 e. The molecule has 6 heteroatoms. The number of nitrogens with zero attached hydrogens (tertiary/aromatic N) is 2. The molecule has 1 N–H and O–H groups in total. The number of hydrogen-bond acceptors (Lipinski definition) is 6. The third-order valence-corrected chi connectivity index (χ3v) is 5.48. The molecule has 0 amide bonds. The first-order chi connectivity index (χ1) is 9.88. The summed E-state index contributed by atoms with van der Waals surface area (Å²) in [5.41, 5.74) is 0. The average molecular weight is 305 g/mol. The van der Waals surface area contributed by atoms with Crippen LogP contribution in [0.5, 0.6) is 0 Å². The first kappa shape index (κ1) is 12.5. The molecule has 1 saturated carbocycles. The van der Waals surface area contributed by atoms with Gasteiger partial charge in [0, 0.05) is 21.9 Å². The first-order valence-corrected chi connectivity index (χ1v) is 8.61. The summed E-state index contributed by atoms with van der Waals surface area (Å²) in [7, 11) is 0. The van der Waals surface area contributed by atoms with Gasteiger partial charge in [-0.1, -0.05) is 0 Å². The number of hydrogen-bond donors (Lipinski definition) is 1. The van der Waals surface area contributed by atoms with Crippen molar-refractivity contribution in [3.05, 3.63) is 23.4 Å². The molecule has 3 aromatic heterocycles. The fourth-order valence-corrected chi connectivity index (χ4v) is 4.19. The highest BCUT2D eigenvalue weighted by Crippen LogP contribution is 2.35. The lowest BCUT2D eigenvalue weighted by Crippen LogP contribution is -2.17. The van der Waals surface area contributed by atoms with E-state index >= 15 is 0 Å². The molecule has 0 atom stereocenters. The zero-order valence-corrected chi connectivity index (χ0v) is 12.6. The summed E-state index contributed by atoms with van der Waals surface area (Å²) in [4.78, 5) is 1.07. The maximum atomic E-state index is 5.76. The molecule has 104 valence electrons. The Kier molecular flexibility index (Phi) is 3.29. The Balaban J connectivity index is 1.40. The van der Waals surface area contributed by atoms with Crippen molar-refractivity contribution in [1.82, 2.24) is 15.5 Å². The van der Waals surface area contributed by atoms with Gasteiger partial charge in [0.2, 0.25) is 5.89 Å². The lowest BCUT2D eigenvalue weighted by molar-refractivity contribution is 0.491. The molecule has 0 bridgehead atoms. The minimum absolute atomic E-state index is 0.656. The predicted molar refractivity (Wildman–Crippen MR) is 82.3 cm³/mol. The minimum atomic E-state index is 0.656. The van der Waals surface area contributed by atoms with E-state index in [0.717, 1.165) is 36.2 Å². The zero-order chi connectivity index (χ0) is 13.4. The van der Waals surface area contributed by atoms with Crippen LogP contribution in [0.2, 0.25) is 0 Å². The van der Waals surface area contributed by atoms with Crippen LogP contribution < -0.4 is 5.32 Å². The molecular weight excluding hydrogens is 290 g/mol. The third kappa shape index (κ3) is 2.63. The van der Waals surface area contributed by atoms with Crippen LogP contribution in [0, 0.1) is 0 Å². The Hall–Kier alpha value is -1.24. The molecule has 1 fully saturated rings. The Bertz CT molecular complexity index is 682. The number of aryl methyl sites for hydroxylation is 1. The van der Waals surface area contributed by atoms with Gasteiger partial charge in [0.1, 0.15) is 0 Å². The van der Waals surface area contributed by atoms with E-state index in [2.05, 4.69) is 33.0 Å². The van der Waals surface area contributed by atoms with Crippen LogP contribution in [0.3, 0.4) is 0 Å². The lowest BCUT2D eigenvalue weighted by atomic mass is 10.3. The maximum absolute atomic E-state index is 5.76. The summed E-state index contributed by atoms with van der Waals surface area (Å²) in [5.74, 6) is 1.40. The molecule has 4 rings (SSSR count). The van der Waals surface area contributed by atoms with Gasteiger partial charge in [-0.3, -0.25) is 0 Å². The van der Waals surface area contributed by atoms with Gasteiger partial charge in [-0.25, -0.2) is 0 Å². The SMILES string of the molecule is c1cc2sc(-c3nnc(CCCNC4CC4)o3)cc2s1. The van der Waals surface area contributed by atoms with Crippen molar-refractivity contribution in [1.29, 1.82) is 0 Å². The van der Waals surface area contributed by atoms with Crippen molar-refractivity contribution in [3.63, 3.8) is 0 Å². The van der Waals surface area contributed by atoms with E-state index in [-0.39, 0.29) is 0 Å². The van der Waals surface area contributed by atoms with Gasteiger partial charge in [-0.05, 0) is 43.3 Å². The molecule has 0 saturated heterocycles. The topological polar surface area (TPSA) is 51.0 Å². The predicted octanol–water partition coefficient (Wildman–Crippen LogP) is 3.70. The molecule has 20 heavy (non-hydrogen) atoms. The number of thiophene rings is 2. The second kappa shape index (κ2) is 5.27. The third-order valence-electron chi connectivity index (χ3n) is 3.39. The van der Waals surface area contributed by atoms with Gasteiger partial charge >= 0.3 is 0 Å². The van der Waals surface area contributed by atoms with Crippen molar-refractivity contribution >= 4 is 32.1 Å². The van der Waals surface area contributed by atoms with E-state index in [4.69, 9.17) is 4.42 Å². The van der Waals surface area contributed by atoms with E-state index in [1.165, 1.54) is 22.2 Å². The van der Waals surface area contributed by atoms with Gasteiger partial charge < -0.3 is 9.73 Å². The highest BCUT2D eigenvalue weighted by atomic mass is 32.1. The summed E-state index contributed by atoms with van der Waals surface area (Å²) >= 11 is 3.46. The number of rotatable bonds is 6. The van der Waals surface area contributed by atoms with Crippen LogP contribution in [0.1, 0.15) is 25.2 Å². The fourth-order valence-electron chi connectivity index (χ4n) is 2.16. The summed E-state index contributed by atoms with van der Waals surface area (Å²) in [5, 5.41) is 13.9. The van der Waals surface area contributed by atoms with Crippen molar-refractivity contribution in [2.75, 3.05) is 6.54 Å². The van der Waals surface area contributed by atoms with E-state index in [9.17, 15) is 0 Å². The standard InChI is InChI=1S/C14H15N3OS2/c1(6-15-9-3-4-9)2-13-16-17-14(18-13)12-8-11-10(20-12)5-7-19-11/h5,7-9,15H,1-4,6H2. The average Bonchev–Trinajstić information content (AvgIpc) is 2.86. The number of aromatic nitrogens is 2. The molecular formula is C14H15N3OS2. The van der Waals surface area contributed by atoms with E-state index < -0.39 is 0 Å². The molecule has 1 aliphatic rings. The molecule has 1 aliphatic carbocycles. The molecule has 0 spiro atoms. The van der Waals surface area contributed by atoms with Crippen LogP contribution >= 0.6 is 22.7 Å². The summed E-state index contributed by atoms with van der Waals surface area (Å²) in [6.07, 6.45) is 4.57. The van der Waals surface area contributed by atoms with E-state index in [1.54, 1.807) is 22.7 Å². The summed E-state index contributed by atoms with van der Waals surface area (Å²) in [6, 6.07) is 5.04. The highest BCUT2D eigenvalue weighted by Gasteiger charge is 2.19. The van der Waals surface area contributed by atoms with Crippen molar-refractivity contribution < 1.29 is 4.42 Å². The lowest BCUT2D eigenvalue weighted by Gasteiger charge is -1.99. The quantitative estimate of drug-likeness (QED) is 0.706.